The van der Waals surface area contributed by atoms with Gasteiger partial charge in [0.15, 0.2) is 0 Å². The van der Waals surface area contributed by atoms with Crippen LogP contribution in [0.3, 0.4) is 0 Å². The maximum Gasteiger partial charge on any atom is 0.256 e. The molecule has 0 saturated carbocycles. The number of para-hydroxylation sites is 1. The molecular weight excluding hydrogens is 250 g/mol. The van der Waals surface area contributed by atoms with Gasteiger partial charge in [-0.25, -0.2) is 8.78 Å². The fourth-order valence-electron chi connectivity index (χ4n) is 1.74. The number of nitrogens with two attached hydrogens (primary N) is 1. The number of rotatable bonds is 2. The second-order valence-electron chi connectivity index (χ2n) is 4.13. The van der Waals surface area contributed by atoms with E-state index in [0.29, 0.717) is 16.8 Å². The first-order valence-corrected chi connectivity index (χ1v) is 5.60. The van der Waals surface area contributed by atoms with Crippen molar-refractivity contribution < 1.29 is 13.6 Å². The molecule has 3 nitrogen and oxygen atoms in total. The quantitative estimate of drug-likeness (QED) is 0.817. The van der Waals surface area contributed by atoms with Gasteiger partial charge in [-0.3, -0.25) is 4.79 Å². The van der Waals surface area contributed by atoms with Gasteiger partial charge in [0.1, 0.15) is 17.3 Å². The molecular formula is C14H12F2N2O. The van der Waals surface area contributed by atoms with Crippen LogP contribution in [0.4, 0.5) is 20.2 Å². The zero-order chi connectivity index (χ0) is 14.0. The Morgan fingerprint density at radius 3 is 2.37 bits per heavy atom. The van der Waals surface area contributed by atoms with Crippen LogP contribution in [0.2, 0.25) is 0 Å². The lowest BCUT2D eigenvalue weighted by atomic mass is 10.1. The summed E-state index contributed by atoms with van der Waals surface area (Å²) in [6, 6.07) is 8.07. The summed E-state index contributed by atoms with van der Waals surface area (Å²) in [5, 5.41) is 2.23. The number of hydrogen-bond donors (Lipinski definition) is 2. The minimum Gasteiger partial charge on any atom is -0.399 e. The number of amides is 1. The van der Waals surface area contributed by atoms with Gasteiger partial charge in [0.05, 0.1) is 0 Å². The van der Waals surface area contributed by atoms with Crippen molar-refractivity contribution in [2.75, 3.05) is 11.1 Å². The average molecular weight is 262 g/mol. The second kappa shape index (κ2) is 5.06. The van der Waals surface area contributed by atoms with E-state index in [1.54, 1.807) is 19.1 Å². The highest BCUT2D eigenvalue weighted by molar-refractivity contribution is 6.05. The van der Waals surface area contributed by atoms with Gasteiger partial charge in [0.25, 0.3) is 5.91 Å². The number of halogens is 2. The van der Waals surface area contributed by atoms with Crippen LogP contribution in [0.15, 0.2) is 36.4 Å². The van der Waals surface area contributed by atoms with Crippen molar-refractivity contribution in [3.05, 3.63) is 59.2 Å². The molecule has 2 aromatic rings. The minimum atomic E-state index is -0.818. The molecule has 0 atom stereocenters. The molecule has 2 aromatic carbocycles. The topological polar surface area (TPSA) is 55.1 Å². The van der Waals surface area contributed by atoms with E-state index in [1.165, 1.54) is 12.1 Å². The number of carbonyl (C=O) groups excluding carboxylic acids is 1. The van der Waals surface area contributed by atoms with Gasteiger partial charge in [-0.15, -0.1) is 0 Å². The van der Waals surface area contributed by atoms with Gasteiger partial charge in [0.2, 0.25) is 0 Å². The SMILES string of the molecule is Cc1cc(N)ccc1C(=O)Nc1c(F)cccc1F. The smallest absolute Gasteiger partial charge is 0.256 e. The lowest BCUT2D eigenvalue weighted by Gasteiger charge is -2.09. The fraction of sp³-hybridized carbons (Fsp3) is 0.0714. The third-order valence-corrected chi connectivity index (χ3v) is 2.70. The van der Waals surface area contributed by atoms with Crippen molar-refractivity contribution >= 4 is 17.3 Å². The zero-order valence-corrected chi connectivity index (χ0v) is 10.2. The Kier molecular flexibility index (Phi) is 3.46. The molecule has 1 amide bonds. The highest BCUT2D eigenvalue weighted by Crippen LogP contribution is 2.20. The molecule has 0 aliphatic carbocycles. The number of anilines is 2. The van der Waals surface area contributed by atoms with Crippen LogP contribution in [0.25, 0.3) is 0 Å². The van der Waals surface area contributed by atoms with Gasteiger partial charge in [0, 0.05) is 11.3 Å². The lowest BCUT2D eigenvalue weighted by molar-refractivity contribution is 0.102. The largest absolute Gasteiger partial charge is 0.399 e. The molecule has 3 N–H and O–H groups in total. The number of carbonyl (C=O) groups is 1. The molecule has 19 heavy (non-hydrogen) atoms. The molecule has 2 rings (SSSR count). The first-order valence-electron chi connectivity index (χ1n) is 5.60. The Morgan fingerprint density at radius 1 is 1.16 bits per heavy atom. The molecule has 0 bridgehead atoms. The number of hydrogen-bond acceptors (Lipinski definition) is 2. The summed E-state index contributed by atoms with van der Waals surface area (Å²) in [6.45, 7) is 1.70. The monoisotopic (exact) mass is 262 g/mol. The fourth-order valence-corrected chi connectivity index (χ4v) is 1.74. The van der Waals surface area contributed by atoms with E-state index in [-0.39, 0.29) is 0 Å². The third-order valence-electron chi connectivity index (χ3n) is 2.70. The van der Waals surface area contributed by atoms with E-state index < -0.39 is 23.2 Å². The molecule has 98 valence electrons. The lowest BCUT2D eigenvalue weighted by Crippen LogP contribution is -2.15. The van der Waals surface area contributed by atoms with Gasteiger partial charge in [-0.05, 0) is 42.8 Å². The normalized spacial score (nSPS) is 10.3. The van der Waals surface area contributed by atoms with Gasteiger partial charge >= 0.3 is 0 Å². The molecule has 5 heteroatoms. The van der Waals surface area contributed by atoms with E-state index in [1.807, 2.05) is 0 Å². The summed E-state index contributed by atoms with van der Waals surface area (Å²) in [7, 11) is 0. The molecule has 0 spiro atoms. The first kappa shape index (κ1) is 13.0. The van der Waals surface area contributed by atoms with E-state index >= 15 is 0 Å². The van der Waals surface area contributed by atoms with Crippen LogP contribution < -0.4 is 11.1 Å². The van der Waals surface area contributed by atoms with Crippen LogP contribution in [0.5, 0.6) is 0 Å². The van der Waals surface area contributed by atoms with E-state index in [2.05, 4.69) is 5.32 Å². The van der Waals surface area contributed by atoms with Crippen molar-refractivity contribution in [1.29, 1.82) is 0 Å². The molecule has 0 heterocycles. The van der Waals surface area contributed by atoms with Crippen LogP contribution in [0.1, 0.15) is 15.9 Å². The van der Waals surface area contributed by atoms with Crippen molar-refractivity contribution in [2.45, 2.75) is 6.92 Å². The summed E-state index contributed by atoms with van der Waals surface area (Å²) in [6.07, 6.45) is 0. The van der Waals surface area contributed by atoms with Crippen molar-refractivity contribution in [3.8, 4) is 0 Å². The van der Waals surface area contributed by atoms with Crippen molar-refractivity contribution in [3.63, 3.8) is 0 Å². The number of aryl methyl sites for hydroxylation is 1. The van der Waals surface area contributed by atoms with E-state index in [9.17, 15) is 13.6 Å². The van der Waals surface area contributed by atoms with Gasteiger partial charge < -0.3 is 11.1 Å². The van der Waals surface area contributed by atoms with Crippen LogP contribution >= 0.6 is 0 Å². The number of nitrogens with one attached hydrogen (secondary N) is 1. The highest BCUT2D eigenvalue weighted by Gasteiger charge is 2.14. The highest BCUT2D eigenvalue weighted by atomic mass is 19.1. The van der Waals surface area contributed by atoms with Gasteiger partial charge in [-0.2, -0.15) is 0 Å². The molecule has 0 aromatic heterocycles. The van der Waals surface area contributed by atoms with Crippen molar-refractivity contribution in [1.82, 2.24) is 0 Å². The first-order chi connectivity index (χ1) is 8.99. The zero-order valence-electron chi connectivity index (χ0n) is 10.2. The Balaban J connectivity index is 2.31. The predicted octanol–water partition coefficient (Wildman–Crippen LogP) is 3.11. The summed E-state index contributed by atoms with van der Waals surface area (Å²) in [5.74, 6) is -2.22. The van der Waals surface area contributed by atoms with Crippen LogP contribution in [-0.2, 0) is 0 Å². The van der Waals surface area contributed by atoms with E-state index in [4.69, 9.17) is 5.73 Å². The number of benzene rings is 2. The summed E-state index contributed by atoms with van der Waals surface area (Å²) >= 11 is 0. The Labute approximate surface area is 109 Å². The summed E-state index contributed by atoms with van der Waals surface area (Å²) in [4.78, 5) is 12.0. The molecule has 0 unspecified atom stereocenters. The Hall–Kier alpha value is -2.43. The molecule has 0 fully saturated rings. The average Bonchev–Trinajstić information content (AvgIpc) is 2.33. The van der Waals surface area contributed by atoms with Crippen LogP contribution in [0, 0.1) is 18.6 Å². The van der Waals surface area contributed by atoms with Crippen LogP contribution in [-0.4, -0.2) is 5.91 Å². The second-order valence-corrected chi connectivity index (χ2v) is 4.13. The summed E-state index contributed by atoms with van der Waals surface area (Å²) < 4.78 is 26.8. The summed E-state index contributed by atoms with van der Waals surface area (Å²) in [5.41, 5.74) is 6.59. The standard InChI is InChI=1S/C14H12F2N2O/c1-8-7-9(17)5-6-10(8)14(19)18-13-11(15)3-2-4-12(13)16/h2-7H,17H2,1H3,(H,18,19). The van der Waals surface area contributed by atoms with Crippen molar-refractivity contribution in [2.24, 2.45) is 0 Å². The molecule has 0 aliphatic heterocycles. The predicted molar refractivity (Wildman–Crippen MR) is 69.9 cm³/mol. The Bertz CT molecular complexity index is 621. The molecule has 0 aliphatic rings. The molecule has 0 radical (unpaired) electrons. The maximum atomic E-state index is 13.4. The number of nitrogen functional groups attached to an aromatic ring is 1. The van der Waals surface area contributed by atoms with Gasteiger partial charge in [-0.1, -0.05) is 6.07 Å². The molecule has 0 saturated heterocycles. The maximum absolute atomic E-state index is 13.4. The third kappa shape index (κ3) is 2.70. The minimum absolute atomic E-state index is 0.317. The Morgan fingerprint density at radius 2 is 1.79 bits per heavy atom. The van der Waals surface area contributed by atoms with E-state index in [0.717, 1.165) is 12.1 Å².